The van der Waals surface area contributed by atoms with E-state index in [-0.39, 0.29) is 0 Å². The minimum atomic E-state index is 0.465. The Bertz CT molecular complexity index is 604. The number of aryl methyl sites for hydroxylation is 1. The highest BCUT2D eigenvalue weighted by Crippen LogP contribution is 2.31. The van der Waals surface area contributed by atoms with Gasteiger partial charge in [0.15, 0.2) is 0 Å². The van der Waals surface area contributed by atoms with Gasteiger partial charge in [-0.2, -0.15) is 0 Å². The van der Waals surface area contributed by atoms with E-state index in [9.17, 15) is 0 Å². The van der Waals surface area contributed by atoms with Gasteiger partial charge in [0.1, 0.15) is 5.76 Å². The van der Waals surface area contributed by atoms with Crippen LogP contribution in [0.15, 0.2) is 35.2 Å². The summed E-state index contributed by atoms with van der Waals surface area (Å²) >= 11 is 0. The summed E-state index contributed by atoms with van der Waals surface area (Å²) in [5.74, 6) is 2.04. The maximum atomic E-state index is 5.59. The highest BCUT2D eigenvalue weighted by molar-refractivity contribution is 5.29. The van der Waals surface area contributed by atoms with Crippen LogP contribution in [0.2, 0.25) is 0 Å². The zero-order valence-electron chi connectivity index (χ0n) is 12.7. The van der Waals surface area contributed by atoms with Crippen LogP contribution in [0.4, 0.5) is 5.95 Å². The van der Waals surface area contributed by atoms with Crippen molar-refractivity contribution >= 4 is 5.95 Å². The van der Waals surface area contributed by atoms with Gasteiger partial charge in [0.05, 0.1) is 6.26 Å². The summed E-state index contributed by atoms with van der Waals surface area (Å²) in [6.07, 6.45) is 11.3. The van der Waals surface area contributed by atoms with Crippen molar-refractivity contribution in [3.05, 3.63) is 42.1 Å². The van der Waals surface area contributed by atoms with Crippen molar-refractivity contribution in [3.63, 3.8) is 0 Å². The van der Waals surface area contributed by atoms with Crippen LogP contribution in [0.5, 0.6) is 0 Å². The second-order valence-corrected chi connectivity index (χ2v) is 6.22. The predicted octanol–water partition coefficient (Wildman–Crippen LogP) is 2.71. The molecule has 2 aliphatic rings. The van der Waals surface area contributed by atoms with Crippen LogP contribution in [-0.4, -0.2) is 29.1 Å². The van der Waals surface area contributed by atoms with Crippen molar-refractivity contribution in [2.75, 3.05) is 18.0 Å². The summed E-state index contributed by atoms with van der Waals surface area (Å²) in [5, 5.41) is 3.84. The maximum absolute atomic E-state index is 5.59. The molecule has 1 aliphatic carbocycles. The van der Waals surface area contributed by atoms with E-state index in [1.807, 2.05) is 24.7 Å². The number of piperidine rings is 1. The number of anilines is 1. The Hall–Kier alpha value is -1.88. The van der Waals surface area contributed by atoms with E-state index in [2.05, 4.69) is 26.3 Å². The Balaban J connectivity index is 1.35. The maximum Gasteiger partial charge on any atom is 0.225 e. The van der Waals surface area contributed by atoms with Gasteiger partial charge in [0, 0.05) is 49.6 Å². The minimum absolute atomic E-state index is 0.465. The quantitative estimate of drug-likeness (QED) is 0.944. The molecule has 1 atom stereocenters. The van der Waals surface area contributed by atoms with E-state index >= 15 is 0 Å². The standard InChI is InChI=1S/C17H22N4O/c1-3-15(14-7-12-22-16(14)4-1)20-13-5-10-21(11-6-13)17-18-8-2-9-19-17/h2,7-9,12-13,15,20H,1,3-6,10-11H2. The van der Waals surface area contributed by atoms with Crippen molar-refractivity contribution in [2.45, 2.75) is 44.2 Å². The molecule has 0 bridgehead atoms. The second kappa shape index (κ2) is 6.08. The van der Waals surface area contributed by atoms with Gasteiger partial charge < -0.3 is 14.6 Å². The molecule has 0 saturated carbocycles. The van der Waals surface area contributed by atoms with Crippen LogP contribution in [0.1, 0.15) is 43.0 Å². The lowest BCUT2D eigenvalue weighted by Gasteiger charge is -2.35. The fourth-order valence-corrected chi connectivity index (χ4v) is 3.64. The summed E-state index contributed by atoms with van der Waals surface area (Å²) in [6.45, 7) is 2.04. The molecule has 4 rings (SSSR count). The highest BCUT2D eigenvalue weighted by Gasteiger charge is 2.27. The number of hydrogen-bond donors (Lipinski definition) is 1. The molecule has 5 heteroatoms. The molecule has 116 valence electrons. The largest absolute Gasteiger partial charge is 0.469 e. The van der Waals surface area contributed by atoms with Crippen molar-refractivity contribution in [2.24, 2.45) is 0 Å². The monoisotopic (exact) mass is 298 g/mol. The van der Waals surface area contributed by atoms with Crippen LogP contribution in [0.25, 0.3) is 0 Å². The number of nitrogens with zero attached hydrogens (tertiary/aromatic N) is 3. The van der Waals surface area contributed by atoms with Crippen molar-refractivity contribution in [1.82, 2.24) is 15.3 Å². The van der Waals surface area contributed by atoms with Gasteiger partial charge in [0.2, 0.25) is 5.95 Å². The Kier molecular flexibility index (Phi) is 3.81. The van der Waals surface area contributed by atoms with E-state index in [0.717, 1.165) is 38.3 Å². The fourth-order valence-electron chi connectivity index (χ4n) is 3.64. The van der Waals surface area contributed by atoms with Gasteiger partial charge in [0.25, 0.3) is 0 Å². The van der Waals surface area contributed by atoms with Crippen LogP contribution >= 0.6 is 0 Å². The number of furan rings is 1. The molecule has 0 spiro atoms. The van der Waals surface area contributed by atoms with Crippen molar-refractivity contribution in [1.29, 1.82) is 0 Å². The Morgan fingerprint density at radius 2 is 1.95 bits per heavy atom. The van der Waals surface area contributed by atoms with Gasteiger partial charge in [-0.25, -0.2) is 9.97 Å². The normalized spacial score (nSPS) is 22.5. The van der Waals surface area contributed by atoms with Crippen LogP contribution < -0.4 is 10.2 Å². The molecule has 1 saturated heterocycles. The molecular formula is C17H22N4O. The lowest BCUT2D eigenvalue weighted by molar-refractivity contribution is 0.334. The second-order valence-electron chi connectivity index (χ2n) is 6.22. The first kappa shape index (κ1) is 13.8. The molecule has 1 aliphatic heterocycles. The average Bonchev–Trinajstić information content (AvgIpc) is 3.06. The zero-order valence-corrected chi connectivity index (χ0v) is 12.7. The molecular weight excluding hydrogens is 276 g/mol. The first-order valence-corrected chi connectivity index (χ1v) is 8.24. The molecule has 3 heterocycles. The van der Waals surface area contributed by atoms with Crippen LogP contribution in [0.3, 0.4) is 0 Å². The Labute approximate surface area is 130 Å². The molecule has 1 unspecified atom stereocenters. The number of hydrogen-bond acceptors (Lipinski definition) is 5. The smallest absolute Gasteiger partial charge is 0.225 e. The lowest BCUT2D eigenvalue weighted by atomic mass is 9.92. The first-order chi connectivity index (χ1) is 10.9. The topological polar surface area (TPSA) is 54.2 Å². The zero-order chi connectivity index (χ0) is 14.8. The molecule has 1 N–H and O–H groups in total. The minimum Gasteiger partial charge on any atom is -0.469 e. The third kappa shape index (κ3) is 2.73. The molecule has 5 nitrogen and oxygen atoms in total. The molecule has 2 aromatic heterocycles. The SMILES string of the molecule is c1cnc(N2CCC(NC3CCCc4occc43)CC2)nc1. The molecule has 0 amide bonds. The van der Waals surface area contributed by atoms with Gasteiger partial charge in [-0.15, -0.1) is 0 Å². The summed E-state index contributed by atoms with van der Waals surface area (Å²) < 4.78 is 5.59. The average molecular weight is 298 g/mol. The van der Waals surface area contributed by atoms with Crippen LogP contribution in [-0.2, 0) is 6.42 Å². The summed E-state index contributed by atoms with van der Waals surface area (Å²) in [7, 11) is 0. The fraction of sp³-hybridized carbons (Fsp3) is 0.529. The van der Waals surface area contributed by atoms with Crippen molar-refractivity contribution in [3.8, 4) is 0 Å². The van der Waals surface area contributed by atoms with E-state index in [0.29, 0.717) is 12.1 Å². The summed E-state index contributed by atoms with van der Waals surface area (Å²) in [6, 6.07) is 5.04. The number of fused-ring (bicyclic) bond motifs is 1. The summed E-state index contributed by atoms with van der Waals surface area (Å²) in [4.78, 5) is 11.0. The predicted molar refractivity (Wildman–Crippen MR) is 84.8 cm³/mol. The number of aromatic nitrogens is 2. The van der Waals surface area contributed by atoms with E-state index in [1.54, 1.807) is 0 Å². The first-order valence-electron chi connectivity index (χ1n) is 8.24. The van der Waals surface area contributed by atoms with Gasteiger partial charge in [-0.1, -0.05) is 0 Å². The third-order valence-corrected chi connectivity index (χ3v) is 4.82. The lowest BCUT2D eigenvalue weighted by Crippen LogP contribution is -2.44. The van der Waals surface area contributed by atoms with E-state index in [1.165, 1.54) is 24.2 Å². The highest BCUT2D eigenvalue weighted by atomic mass is 16.3. The summed E-state index contributed by atoms with van der Waals surface area (Å²) in [5.41, 5.74) is 1.38. The Morgan fingerprint density at radius 3 is 2.77 bits per heavy atom. The van der Waals surface area contributed by atoms with Crippen LogP contribution in [0, 0.1) is 0 Å². The van der Waals surface area contributed by atoms with Crippen molar-refractivity contribution < 1.29 is 4.42 Å². The van der Waals surface area contributed by atoms with Gasteiger partial charge in [-0.3, -0.25) is 0 Å². The van der Waals surface area contributed by atoms with E-state index in [4.69, 9.17) is 4.42 Å². The Morgan fingerprint density at radius 1 is 1.14 bits per heavy atom. The van der Waals surface area contributed by atoms with Gasteiger partial charge in [-0.05, 0) is 37.8 Å². The number of nitrogens with one attached hydrogen (secondary N) is 1. The third-order valence-electron chi connectivity index (χ3n) is 4.82. The molecule has 22 heavy (non-hydrogen) atoms. The molecule has 1 fully saturated rings. The molecule has 0 radical (unpaired) electrons. The van der Waals surface area contributed by atoms with E-state index < -0.39 is 0 Å². The van der Waals surface area contributed by atoms with Gasteiger partial charge >= 0.3 is 0 Å². The molecule has 0 aromatic carbocycles. The molecule has 2 aromatic rings. The number of rotatable bonds is 3.